The smallest absolute Gasteiger partial charge is 0.317 e. The molecule has 0 bridgehead atoms. The Morgan fingerprint density at radius 3 is 2.62 bits per heavy atom. The number of carbonyl (C=O) groups is 2. The van der Waals surface area contributed by atoms with Gasteiger partial charge in [0.2, 0.25) is 0 Å². The molecule has 32 heavy (non-hydrogen) atoms. The molecule has 3 amide bonds. The van der Waals surface area contributed by atoms with Gasteiger partial charge in [-0.25, -0.2) is 9.78 Å². The lowest BCUT2D eigenvalue weighted by molar-refractivity contribution is 0.102. The maximum atomic E-state index is 12.9. The summed E-state index contributed by atoms with van der Waals surface area (Å²) >= 11 is 1.54. The van der Waals surface area contributed by atoms with Crippen LogP contribution in [0.4, 0.5) is 16.2 Å². The molecule has 3 heterocycles. The summed E-state index contributed by atoms with van der Waals surface area (Å²) < 4.78 is 0. The number of carbonyl (C=O) groups excluding carboxylic acids is 2. The van der Waals surface area contributed by atoms with Gasteiger partial charge in [0.15, 0.2) is 0 Å². The van der Waals surface area contributed by atoms with Gasteiger partial charge in [0, 0.05) is 44.0 Å². The minimum atomic E-state index is -0.168. The van der Waals surface area contributed by atoms with E-state index in [1.807, 2.05) is 28.5 Å². The lowest BCUT2D eigenvalue weighted by atomic mass is 9.98. The van der Waals surface area contributed by atoms with Crippen LogP contribution in [0.1, 0.15) is 53.5 Å². The number of piperidine rings is 2. The number of aromatic nitrogens is 1. The van der Waals surface area contributed by atoms with Crippen molar-refractivity contribution in [1.29, 1.82) is 0 Å². The van der Waals surface area contributed by atoms with Gasteiger partial charge >= 0.3 is 6.03 Å². The van der Waals surface area contributed by atoms with E-state index >= 15 is 0 Å². The third kappa shape index (κ3) is 5.30. The minimum absolute atomic E-state index is 0.0464. The number of hydrogen-bond acceptors (Lipinski definition) is 5. The number of para-hydroxylation sites is 2. The quantitative estimate of drug-likeness (QED) is 0.633. The highest BCUT2D eigenvalue weighted by Gasteiger charge is 2.26. The molecule has 2 aliphatic rings. The van der Waals surface area contributed by atoms with Crippen LogP contribution >= 0.6 is 11.3 Å². The largest absolute Gasteiger partial charge is 0.370 e. The van der Waals surface area contributed by atoms with E-state index in [0.717, 1.165) is 42.3 Å². The van der Waals surface area contributed by atoms with Gasteiger partial charge < -0.3 is 20.4 Å². The standard InChI is InChI=1S/C24H31N5O2S/c1-2-12-25-24(31)29-15-10-18(11-16-29)23-27-20(17-32-23)22(30)26-19-8-4-5-9-21(19)28-13-6-3-7-14-28/h2,4-5,8-9,17-18H,1,3,6-7,10-16H2,(H,25,31)(H,26,30). The highest BCUT2D eigenvalue weighted by atomic mass is 32.1. The number of amides is 3. The SMILES string of the molecule is C=CCNC(=O)N1CCC(c2nc(C(=O)Nc3ccccc3N3CCCCC3)cs2)CC1. The number of nitrogens with zero attached hydrogens (tertiary/aromatic N) is 3. The van der Waals surface area contributed by atoms with E-state index in [1.54, 1.807) is 6.08 Å². The number of rotatable bonds is 6. The molecule has 2 saturated heterocycles. The molecule has 0 saturated carbocycles. The number of thiazole rings is 1. The molecule has 8 heteroatoms. The summed E-state index contributed by atoms with van der Waals surface area (Å²) in [6.07, 6.45) is 7.03. The van der Waals surface area contributed by atoms with E-state index in [-0.39, 0.29) is 17.9 Å². The van der Waals surface area contributed by atoms with Crippen molar-refractivity contribution in [1.82, 2.24) is 15.2 Å². The molecular weight excluding hydrogens is 422 g/mol. The van der Waals surface area contributed by atoms with Crippen molar-refractivity contribution in [2.24, 2.45) is 0 Å². The van der Waals surface area contributed by atoms with Crippen LogP contribution in [0.2, 0.25) is 0 Å². The number of hydrogen-bond donors (Lipinski definition) is 2. The summed E-state index contributed by atoms with van der Waals surface area (Å²) in [7, 11) is 0. The molecule has 2 N–H and O–H groups in total. The first-order valence-electron chi connectivity index (χ1n) is 11.4. The van der Waals surface area contributed by atoms with Crippen LogP contribution in [0.3, 0.4) is 0 Å². The predicted octanol–water partition coefficient (Wildman–Crippen LogP) is 4.46. The summed E-state index contributed by atoms with van der Waals surface area (Å²) in [4.78, 5) is 33.9. The second-order valence-corrected chi connectivity index (χ2v) is 9.22. The van der Waals surface area contributed by atoms with Crippen molar-refractivity contribution in [2.45, 2.75) is 38.0 Å². The Kier molecular flexibility index (Phi) is 7.42. The first-order chi connectivity index (χ1) is 15.7. The van der Waals surface area contributed by atoms with E-state index in [9.17, 15) is 9.59 Å². The third-order valence-electron chi connectivity index (χ3n) is 6.13. The van der Waals surface area contributed by atoms with Crippen molar-refractivity contribution in [3.8, 4) is 0 Å². The number of anilines is 2. The summed E-state index contributed by atoms with van der Waals surface area (Å²) in [6, 6.07) is 7.96. The molecule has 1 aromatic carbocycles. The average Bonchev–Trinajstić information content (AvgIpc) is 3.34. The summed E-state index contributed by atoms with van der Waals surface area (Å²) in [5, 5.41) is 8.72. The topological polar surface area (TPSA) is 77.6 Å². The molecule has 0 radical (unpaired) electrons. The highest BCUT2D eigenvalue weighted by molar-refractivity contribution is 7.10. The maximum absolute atomic E-state index is 12.9. The molecular formula is C24H31N5O2S. The number of benzene rings is 1. The van der Waals surface area contributed by atoms with Crippen LogP contribution < -0.4 is 15.5 Å². The molecule has 2 aromatic rings. The Balaban J connectivity index is 1.36. The van der Waals surface area contributed by atoms with Gasteiger partial charge in [0.1, 0.15) is 5.69 Å². The highest BCUT2D eigenvalue weighted by Crippen LogP contribution is 2.32. The first-order valence-corrected chi connectivity index (χ1v) is 12.3. The van der Waals surface area contributed by atoms with Crippen LogP contribution in [-0.2, 0) is 0 Å². The number of likely N-dealkylation sites (tertiary alicyclic amines) is 1. The number of nitrogens with one attached hydrogen (secondary N) is 2. The van der Waals surface area contributed by atoms with Gasteiger partial charge in [-0.3, -0.25) is 4.79 Å². The lowest BCUT2D eigenvalue weighted by Gasteiger charge is -2.31. The van der Waals surface area contributed by atoms with E-state index in [2.05, 4.69) is 33.2 Å². The monoisotopic (exact) mass is 453 g/mol. The van der Waals surface area contributed by atoms with Crippen molar-refractivity contribution in [3.05, 3.63) is 53.0 Å². The number of urea groups is 1. The Labute approximate surface area is 193 Å². The second-order valence-electron chi connectivity index (χ2n) is 8.33. The Morgan fingerprint density at radius 1 is 1.12 bits per heavy atom. The normalized spacial score (nSPS) is 17.1. The molecule has 0 aliphatic carbocycles. The van der Waals surface area contributed by atoms with Crippen LogP contribution in [0.25, 0.3) is 0 Å². The van der Waals surface area contributed by atoms with Crippen molar-refractivity contribution >= 4 is 34.6 Å². The van der Waals surface area contributed by atoms with E-state index in [4.69, 9.17) is 0 Å². The van der Waals surface area contributed by atoms with Gasteiger partial charge in [-0.15, -0.1) is 17.9 Å². The molecule has 0 atom stereocenters. The van der Waals surface area contributed by atoms with Gasteiger partial charge in [0.25, 0.3) is 5.91 Å². The van der Waals surface area contributed by atoms with Crippen molar-refractivity contribution in [3.63, 3.8) is 0 Å². The molecule has 2 fully saturated rings. The molecule has 1 aromatic heterocycles. The van der Waals surface area contributed by atoms with Gasteiger partial charge in [-0.2, -0.15) is 0 Å². The summed E-state index contributed by atoms with van der Waals surface area (Å²) in [6.45, 7) is 7.54. The fraction of sp³-hybridized carbons (Fsp3) is 0.458. The lowest BCUT2D eigenvalue weighted by Crippen LogP contribution is -2.44. The van der Waals surface area contributed by atoms with Crippen molar-refractivity contribution < 1.29 is 9.59 Å². The van der Waals surface area contributed by atoms with E-state index < -0.39 is 0 Å². The van der Waals surface area contributed by atoms with Gasteiger partial charge in [-0.05, 0) is 44.2 Å². The van der Waals surface area contributed by atoms with Crippen molar-refractivity contribution in [2.75, 3.05) is 42.9 Å². The molecule has 170 valence electrons. The van der Waals surface area contributed by atoms with Crippen LogP contribution in [-0.4, -0.2) is 54.5 Å². The predicted molar refractivity (Wildman–Crippen MR) is 130 cm³/mol. The van der Waals surface area contributed by atoms with Crippen LogP contribution in [0, 0.1) is 0 Å². The fourth-order valence-corrected chi connectivity index (χ4v) is 5.33. The molecule has 7 nitrogen and oxygen atoms in total. The second kappa shape index (κ2) is 10.6. The van der Waals surface area contributed by atoms with Gasteiger partial charge in [0.05, 0.1) is 16.4 Å². The first kappa shape index (κ1) is 22.3. The average molecular weight is 454 g/mol. The van der Waals surface area contributed by atoms with E-state index in [1.165, 1.54) is 30.6 Å². The zero-order valence-corrected chi connectivity index (χ0v) is 19.2. The fourth-order valence-electron chi connectivity index (χ4n) is 4.36. The molecule has 0 unspecified atom stereocenters. The third-order valence-corrected chi connectivity index (χ3v) is 7.14. The summed E-state index contributed by atoms with van der Waals surface area (Å²) in [5.74, 6) is 0.115. The Hall–Kier alpha value is -2.87. The van der Waals surface area contributed by atoms with Crippen LogP contribution in [0.5, 0.6) is 0 Å². The molecule has 0 spiro atoms. The molecule has 2 aliphatic heterocycles. The zero-order chi connectivity index (χ0) is 22.3. The maximum Gasteiger partial charge on any atom is 0.317 e. The van der Waals surface area contributed by atoms with Gasteiger partial charge in [-0.1, -0.05) is 18.2 Å². The molecule has 4 rings (SSSR count). The minimum Gasteiger partial charge on any atom is -0.370 e. The van der Waals surface area contributed by atoms with E-state index in [0.29, 0.717) is 25.3 Å². The zero-order valence-electron chi connectivity index (χ0n) is 18.4. The van der Waals surface area contributed by atoms with Crippen LogP contribution in [0.15, 0.2) is 42.3 Å². The Bertz CT molecular complexity index is 945. The Morgan fingerprint density at radius 2 is 1.88 bits per heavy atom. The summed E-state index contributed by atoms with van der Waals surface area (Å²) in [5.41, 5.74) is 2.38.